The molecule has 1 aromatic heterocycles. The Morgan fingerprint density at radius 2 is 2.29 bits per heavy atom. The van der Waals surface area contributed by atoms with Crippen LogP contribution < -0.4 is 4.90 Å². The van der Waals surface area contributed by atoms with E-state index in [1.807, 2.05) is 6.92 Å². The third-order valence-electron chi connectivity index (χ3n) is 4.22. The monoisotopic (exact) mass is 313 g/mol. The van der Waals surface area contributed by atoms with Gasteiger partial charge in [-0.3, -0.25) is 0 Å². The minimum Gasteiger partial charge on any atom is -0.396 e. The van der Waals surface area contributed by atoms with Gasteiger partial charge in [0, 0.05) is 25.1 Å². The van der Waals surface area contributed by atoms with Crippen LogP contribution in [0.3, 0.4) is 0 Å². The number of halogens is 1. The lowest BCUT2D eigenvalue weighted by molar-refractivity contribution is -0.0410. The Hall–Kier alpha value is -0.950. The number of morpholine rings is 1. The first-order chi connectivity index (χ1) is 10.0. The van der Waals surface area contributed by atoms with Crippen LogP contribution in [0.4, 0.5) is 5.82 Å². The summed E-state index contributed by atoms with van der Waals surface area (Å²) in [4.78, 5) is 11.0. The van der Waals surface area contributed by atoms with Crippen LogP contribution >= 0.6 is 11.6 Å². The highest BCUT2D eigenvalue weighted by Gasteiger charge is 2.40. The van der Waals surface area contributed by atoms with Crippen molar-refractivity contribution in [1.82, 2.24) is 9.97 Å². The fourth-order valence-electron chi connectivity index (χ4n) is 3.00. The van der Waals surface area contributed by atoms with E-state index in [1.165, 1.54) is 0 Å². The maximum atomic E-state index is 9.26. The molecule has 1 fully saturated rings. The lowest BCUT2D eigenvalue weighted by Crippen LogP contribution is -2.44. The molecule has 2 atom stereocenters. The molecule has 1 saturated heterocycles. The van der Waals surface area contributed by atoms with Crippen molar-refractivity contribution in [2.75, 3.05) is 31.3 Å². The van der Waals surface area contributed by atoms with Crippen molar-refractivity contribution in [3.63, 3.8) is 0 Å². The molecule has 3 heterocycles. The molecule has 1 N–H and O–H groups in total. The number of nitrogens with zero attached hydrogens (tertiary/aromatic N) is 3. The van der Waals surface area contributed by atoms with E-state index in [0.717, 1.165) is 23.6 Å². The predicted octanol–water partition coefficient (Wildman–Crippen LogP) is 1.48. The first kappa shape index (κ1) is 15.0. The molecule has 2 aliphatic rings. The zero-order chi connectivity index (χ0) is 15.0. The largest absolute Gasteiger partial charge is 0.396 e. The van der Waals surface area contributed by atoms with Crippen molar-refractivity contribution in [2.45, 2.75) is 38.5 Å². The summed E-state index contributed by atoms with van der Waals surface area (Å²) >= 11 is 6.12. The van der Waals surface area contributed by atoms with Gasteiger partial charge in [-0.15, -0.1) is 0 Å². The third kappa shape index (κ3) is 2.61. The highest BCUT2D eigenvalue weighted by molar-refractivity contribution is 6.28. The van der Waals surface area contributed by atoms with Gasteiger partial charge in [-0.2, -0.15) is 0 Å². The molecule has 0 aliphatic carbocycles. The molecular weight excluding hydrogens is 294 g/mol. The lowest BCUT2D eigenvalue weighted by Gasteiger charge is -2.35. The normalized spacial score (nSPS) is 28.8. The van der Waals surface area contributed by atoms with Gasteiger partial charge in [0.2, 0.25) is 5.28 Å². The fraction of sp³-hybridized carbons (Fsp3) is 0.714. The van der Waals surface area contributed by atoms with Crippen molar-refractivity contribution < 1.29 is 14.6 Å². The Morgan fingerprint density at radius 3 is 3.00 bits per heavy atom. The molecule has 1 aromatic rings. The van der Waals surface area contributed by atoms with Crippen LogP contribution in [0.2, 0.25) is 5.28 Å². The Morgan fingerprint density at radius 1 is 1.48 bits per heavy atom. The minimum atomic E-state index is -0.596. The van der Waals surface area contributed by atoms with Gasteiger partial charge in [-0.05, 0) is 25.4 Å². The lowest BCUT2D eigenvalue weighted by atomic mass is 9.97. The molecule has 7 heteroatoms. The van der Waals surface area contributed by atoms with Gasteiger partial charge in [-0.1, -0.05) is 0 Å². The molecule has 0 radical (unpaired) electrons. The maximum absolute atomic E-state index is 9.26. The minimum absolute atomic E-state index is 0.0425. The van der Waals surface area contributed by atoms with Crippen LogP contribution in [0.25, 0.3) is 0 Å². The van der Waals surface area contributed by atoms with Crippen LogP contribution in [0, 0.1) is 0 Å². The summed E-state index contributed by atoms with van der Waals surface area (Å²) in [6, 6.07) is 0.235. The Balaban J connectivity index is 2.04. The second-order valence-electron chi connectivity index (χ2n) is 5.75. The van der Waals surface area contributed by atoms with Crippen LogP contribution in [0.15, 0.2) is 0 Å². The molecule has 0 spiro atoms. The van der Waals surface area contributed by atoms with E-state index in [0.29, 0.717) is 26.2 Å². The van der Waals surface area contributed by atoms with E-state index in [2.05, 4.69) is 21.8 Å². The standard InChI is InChI=1S/C14H20ClN3O3/c1-9-7-20-6-4-18(9)12-10-8-21-14(2,3-5-19)11(10)16-13(15)17-12/h9,19H,3-8H2,1-2H3. The van der Waals surface area contributed by atoms with Crippen molar-refractivity contribution in [1.29, 1.82) is 0 Å². The van der Waals surface area contributed by atoms with Gasteiger partial charge < -0.3 is 19.5 Å². The molecule has 116 valence electrons. The number of ether oxygens (including phenoxy) is 2. The summed E-state index contributed by atoms with van der Waals surface area (Å²) in [5.74, 6) is 0.836. The molecule has 6 nitrogen and oxygen atoms in total. The first-order valence-corrected chi connectivity index (χ1v) is 7.59. The predicted molar refractivity (Wildman–Crippen MR) is 78.5 cm³/mol. The molecule has 3 rings (SSSR count). The molecule has 0 saturated carbocycles. The SMILES string of the molecule is CC1COCCN1c1nc(Cl)nc2c1COC2(C)CCO. The van der Waals surface area contributed by atoms with Crippen molar-refractivity contribution >= 4 is 17.4 Å². The number of rotatable bonds is 3. The van der Waals surface area contributed by atoms with E-state index in [-0.39, 0.29) is 17.9 Å². The Bertz CT molecular complexity index is 542. The molecule has 0 aromatic carbocycles. The van der Waals surface area contributed by atoms with E-state index >= 15 is 0 Å². The number of hydrogen-bond donors (Lipinski definition) is 1. The number of anilines is 1. The first-order valence-electron chi connectivity index (χ1n) is 7.21. The number of aliphatic hydroxyl groups is 1. The molecule has 0 amide bonds. The highest BCUT2D eigenvalue weighted by atomic mass is 35.5. The summed E-state index contributed by atoms with van der Waals surface area (Å²) in [7, 11) is 0. The van der Waals surface area contributed by atoms with Gasteiger partial charge in [0.25, 0.3) is 0 Å². The zero-order valence-electron chi connectivity index (χ0n) is 12.3. The summed E-state index contributed by atoms with van der Waals surface area (Å²) in [6.45, 7) is 6.65. The molecule has 2 aliphatic heterocycles. The summed E-state index contributed by atoms with van der Waals surface area (Å²) < 4.78 is 11.4. The maximum Gasteiger partial charge on any atom is 0.224 e. The van der Waals surface area contributed by atoms with Gasteiger partial charge in [0.05, 0.1) is 31.6 Å². The van der Waals surface area contributed by atoms with Crippen molar-refractivity contribution in [3.8, 4) is 0 Å². The average molecular weight is 314 g/mol. The molecule has 0 bridgehead atoms. The topological polar surface area (TPSA) is 67.7 Å². The molecular formula is C14H20ClN3O3. The van der Waals surface area contributed by atoms with E-state index in [1.54, 1.807) is 0 Å². The quantitative estimate of drug-likeness (QED) is 0.853. The van der Waals surface area contributed by atoms with Crippen LogP contribution in [-0.4, -0.2) is 47.5 Å². The number of aliphatic hydroxyl groups excluding tert-OH is 1. The smallest absolute Gasteiger partial charge is 0.224 e. The third-order valence-corrected chi connectivity index (χ3v) is 4.39. The van der Waals surface area contributed by atoms with Gasteiger partial charge in [0.1, 0.15) is 11.4 Å². The van der Waals surface area contributed by atoms with Crippen LogP contribution in [0.5, 0.6) is 0 Å². The van der Waals surface area contributed by atoms with E-state index in [4.69, 9.17) is 21.1 Å². The second-order valence-corrected chi connectivity index (χ2v) is 6.09. The summed E-state index contributed by atoms with van der Waals surface area (Å²) in [6.07, 6.45) is 0.492. The summed E-state index contributed by atoms with van der Waals surface area (Å²) in [5.41, 5.74) is 1.18. The number of aromatic nitrogens is 2. The average Bonchev–Trinajstić information content (AvgIpc) is 2.77. The van der Waals surface area contributed by atoms with Crippen LogP contribution in [-0.2, 0) is 21.7 Å². The second kappa shape index (κ2) is 5.68. The van der Waals surface area contributed by atoms with E-state index < -0.39 is 5.60 Å². The van der Waals surface area contributed by atoms with Gasteiger partial charge in [-0.25, -0.2) is 9.97 Å². The summed E-state index contributed by atoms with van der Waals surface area (Å²) in [5, 5.41) is 9.48. The Labute approximate surface area is 129 Å². The Kier molecular flexibility index (Phi) is 4.05. The zero-order valence-corrected chi connectivity index (χ0v) is 13.1. The number of hydrogen-bond acceptors (Lipinski definition) is 6. The highest BCUT2D eigenvalue weighted by Crippen LogP contribution is 2.42. The molecule has 2 unspecified atom stereocenters. The van der Waals surface area contributed by atoms with E-state index in [9.17, 15) is 5.11 Å². The van der Waals surface area contributed by atoms with Crippen molar-refractivity contribution in [3.05, 3.63) is 16.5 Å². The number of fused-ring (bicyclic) bond motifs is 1. The fourth-order valence-corrected chi connectivity index (χ4v) is 3.16. The van der Waals surface area contributed by atoms with Gasteiger partial charge >= 0.3 is 0 Å². The van der Waals surface area contributed by atoms with Crippen LogP contribution in [0.1, 0.15) is 31.5 Å². The van der Waals surface area contributed by atoms with Gasteiger partial charge in [0.15, 0.2) is 0 Å². The van der Waals surface area contributed by atoms with Crippen molar-refractivity contribution in [2.24, 2.45) is 0 Å². The molecule has 21 heavy (non-hydrogen) atoms.